The van der Waals surface area contributed by atoms with E-state index in [1.165, 1.54) is 11.5 Å². The van der Waals surface area contributed by atoms with Crippen molar-refractivity contribution >= 4 is 33.7 Å². The number of aryl methyl sites for hydroxylation is 1. The number of nitrogens with zero attached hydrogens (tertiary/aromatic N) is 3. The van der Waals surface area contributed by atoms with E-state index in [0.29, 0.717) is 5.82 Å². The molecule has 3 rings (SSSR count). The molecule has 1 fully saturated rings. The Bertz CT molecular complexity index is 561. The summed E-state index contributed by atoms with van der Waals surface area (Å²) in [5.74, 6) is 0.533. The van der Waals surface area contributed by atoms with E-state index in [4.69, 9.17) is 10.5 Å². The van der Waals surface area contributed by atoms with E-state index in [1.54, 1.807) is 11.3 Å². The monoisotopic (exact) mass is 297 g/mol. The fourth-order valence-electron chi connectivity index (χ4n) is 1.92. The molecule has 0 saturated carbocycles. The highest BCUT2D eigenvalue weighted by atomic mass is 32.1. The van der Waals surface area contributed by atoms with Gasteiger partial charge in [-0.25, -0.2) is 9.99 Å². The number of hydrogen-bond donors (Lipinski definition) is 2. The number of nitrogen functional groups attached to an aromatic ring is 1. The number of anilines is 2. The van der Waals surface area contributed by atoms with Crippen LogP contribution < -0.4 is 11.2 Å². The molecule has 2 aromatic rings. The molecule has 0 radical (unpaired) electrons. The molecule has 2 aromatic heterocycles. The molecule has 8 heteroatoms. The summed E-state index contributed by atoms with van der Waals surface area (Å²) < 4.78 is 9.56. The molecule has 0 aromatic carbocycles. The maximum absolute atomic E-state index is 5.97. The Morgan fingerprint density at radius 1 is 1.42 bits per heavy atom. The lowest BCUT2D eigenvalue weighted by Gasteiger charge is -2.27. The molecule has 19 heavy (non-hydrogen) atoms. The Morgan fingerprint density at radius 3 is 2.89 bits per heavy atom. The average molecular weight is 297 g/mol. The molecule has 0 bridgehead atoms. The highest BCUT2D eigenvalue weighted by molar-refractivity contribution is 7.11. The zero-order valence-corrected chi connectivity index (χ0v) is 12.2. The van der Waals surface area contributed by atoms with Gasteiger partial charge in [-0.15, -0.1) is 11.3 Å². The fraction of sp³-hybridized carbons (Fsp3) is 0.455. The van der Waals surface area contributed by atoms with Gasteiger partial charge in [0.05, 0.1) is 29.5 Å². The molecule has 1 saturated heterocycles. The van der Waals surface area contributed by atoms with Gasteiger partial charge >= 0.3 is 0 Å². The van der Waals surface area contributed by atoms with Crippen LogP contribution in [0.3, 0.4) is 0 Å². The molecule has 6 nitrogen and oxygen atoms in total. The number of thiazole rings is 1. The van der Waals surface area contributed by atoms with Crippen molar-refractivity contribution in [1.82, 2.24) is 14.4 Å². The van der Waals surface area contributed by atoms with Gasteiger partial charge in [0, 0.05) is 18.5 Å². The van der Waals surface area contributed by atoms with E-state index in [0.717, 1.165) is 47.6 Å². The normalized spacial score (nSPS) is 16.7. The minimum absolute atomic E-state index is 0.533. The minimum atomic E-state index is 0.533. The van der Waals surface area contributed by atoms with Crippen molar-refractivity contribution in [2.75, 3.05) is 37.5 Å². The topological polar surface area (TPSA) is 76.3 Å². The van der Waals surface area contributed by atoms with Crippen molar-refractivity contribution in [2.45, 2.75) is 6.92 Å². The van der Waals surface area contributed by atoms with E-state index in [2.05, 4.69) is 19.8 Å². The summed E-state index contributed by atoms with van der Waals surface area (Å²) in [6.45, 7) is 5.18. The fourth-order valence-corrected chi connectivity index (χ4v) is 3.28. The van der Waals surface area contributed by atoms with Gasteiger partial charge in [-0.3, -0.25) is 0 Å². The molecule has 0 amide bonds. The Labute approximate surface area is 119 Å². The van der Waals surface area contributed by atoms with Crippen molar-refractivity contribution < 1.29 is 4.74 Å². The van der Waals surface area contributed by atoms with Crippen LogP contribution in [0.5, 0.6) is 0 Å². The first-order chi connectivity index (χ1) is 9.24. The highest BCUT2D eigenvalue weighted by Crippen LogP contribution is 2.37. The van der Waals surface area contributed by atoms with E-state index < -0.39 is 0 Å². The first kappa shape index (κ1) is 12.8. The number of rotatable bonds is 3. The number of nitrogens with two attached hydrogens (primary N) is 1. The standard InChI is InChI=1S/C11H15N5OS2/c1-7-13-8(6-18-7)9-10(12)15-19-11(9)14-16-2-4-17-5-3-16/h6,14H,2-5H2,1H3,(H2,12,15). The lowest BCUT2D eigenvalue weighted by atomic mass is 10.2. The second-order valence-corrected chi connectivity index (χ2v) is 6.07. The van der Waals surface area contributed by atoms with Crippen molar-refractivity contribution in [2.24, 2.45) is 0 Å². The summed E-state index contributed by atoms with van der Waals surface area (Å²) in [6, 6.07) is 0. The summed E-state index contributed by atoms with van der Waals surface area (Å²) in [5.41, 5.74) is 11.1. The van der Waals surface area contributed by atoms with E-state index in [1.807, 2.05) is 12.3 Å². The van der Waals surface area contributed by atoms with E-state index >= 15 is 0 Å². The van der Waals surface area contributed by atoms with E-state index in [9.17, 15) is 0 Å². The van der Waals surface area contributed by atoms with Gasteiger partial charge < -0.3 is 15.9 Å². The molecule has 0 spiro atoms. The van der Waals surface area contributed by atoms with Crippen molar-refractivity contribution in [3.05, 3.63) is 10.4 Å². The SMILES string of the molecule is Cc1nc(-c2c(N)nsc2NN2CCOCC2)cs1. The van der Waals surface area contributed by atoms with Crippen LogP contribution in [0.2, 0.25) is 0 Å². The summed E-state index contributed by atoms with van der Waals surface area (Å²) in [4.78, 5) is 4.49. The van der Waals surface area contributed by atoms with Crippen LogP contribution in [0.1, 0.15) is 5.01 Å². The van der Waals surface area contributed by atoms with Crippen molar-refractivity contribution in [3.63, 3.8) is 0 Å². The third kappa shape index (κ3) is 2.71. The number of hydrazine groups is 1. The third-order valence-electron chi connectivity index (χ3n) is 2.86. The largest absolute Gasteiger partial charge is 0.382 e. The first-order valence-corrected chi connectivity index (χ1v) is 7.66. The molecule has 3 heterocycles. The van der Waals surface area contributed by atoms with E-state index in [-0.39, 0.29) is 0 Å². The zero-order valence-electron chi connectivity index (χ0n) is 10.5. The van der Waals surface area contributed by atoms with Crippen LogP contribution in [0.25, 0.3) is 11.3 Å². The highest BCUT2D eigenvalue weighted by Gasteiger charge is 2.19. The number of aromatic nitrogens is 2. The number of ether oxygens (including phenoxy) is 1. The predicted molar refractivity (Wildman–Crippen MR) is 78.4 cm³/mol. The lowest BCUT2D eigenvalue weighted by Crippen LogP contribution is -2.40. The van der Waals surface area contributed by atoms with Crippen LogP contribution in [-0.4, -0.2) is 40.7 Å². The molecule has 1 aliphatic rings. The second kappa shape index (κ2) is 5.41. The van der Waals surface area contributed by atoms with Gasteiger partial charge in [0.15, 0.2) is 0 Å². The summed E-state index contributed by atoms with van der Waals surface area (Å²) in [6.07, 6.45) is 0. The maximum atomic E-state index is 5.97. The van der Waals surface area contributed by atoms with Gasteiger partial charge in [-0.2, -0.15) is 4.37 Å². The second-order valence-electron chi connectivity index (χ2n) is 4.23. The van der Waals surface area contributed by atoms with Gasteiger partial charge in [-0.1, -0.05) is 0 Å². The summed E-state index contributed by atoms with van der Waals surface area (Å²) in [5, 5.41) is 6.11. The molecule has 102 valence electrons. The van der Waals surface area contributed by atoms with Gasteiger partial charge in [-0.05, 0) is 18.5 Å². The molecular weight excluding hydrogens is 282 g/mol. The summed E-state index contributed by atoms with van der Waals surface area (Å²) >= 11 is 2.98. The van der Waals surface area contributed by atoms with Gasteiger partial charge in [0.2, 0.25) is 0 Å². The van der Waals surface area contributed by atoms with Gasteiger partial charge in [0.25, 0.3) is 0 Å². The Kier molecular flexibility index (Phi) is 3.65. The third-order valence-corrected chi connectivity index (χ3v) is 4.40. The molecule has 0 unspecified atom stereocenters. The molecule has 0 aliphatic carbocycles. The maximum Gasteiger partial charge on any atom is 0.148 e. The van der Waals surface area contributed by atoms with Crippen LogP contribution in [-0.2, 0) is 4.74 Å². The molecular formula is C11H15N5OS2. The zero-order chi connectivity index (χ0) is 13.2. The lowest BCUT2D eigenvalue weighted by molar-refractivity contribution is 0.0499. The van der Waals surface area contributed by atoms with Crippen molar-refractivity contribution in [3.8, 4) is 11.3 Å². The Hall–Kier alpha value is -1.22. The van der Waals surface area contributed by atoms with Crippen LogP contribution in [0, 0.1) is 6.92 Å². The van der Waals surface area contributed by atoms with Crippen LogP contribution >= 0.6 is 22.9 Å². The number of morpholine rings is 1. The quantitative estimate of drug-likeness (QED) is 0.900. The Morgan fingerprint density at radius 2 is 2.21 bits per heavy atom. The predicted octanol–water partition coefficient (Wildman–Crippen LogP) is 1.82. The molecule has 0 atom stereocenters. The van der Waals surface area contributed by atoms with Gasteiger partial charge in [0.1, 0.15) is 10.8 Å². The summed E-state index contributed by atoms with van der Waals surface area (Å²) in [7, 11) is 0. The molecule has 1 aliphatic heterocycles. The minimum Gasteiger partial charge on any atom is -0.382 e. The Balaban J connectivity index is 1.85. The number of hydrogen-bond acceptors (Lipinski definition) is 8. The van der Waals surface area contributed by atoms with Crippen LogP contribution in [0.4, 0.5) is 10.8 Å². The smallest absolute Gasteiger partial charge is 0.148 e. The first-order valence-electron chi connectivity index (χ1n) is 6.01. The average Bonchev–Trinajstić information content (AvgIpc) is 2.97. The number of nitrogens with one attached hydrogen (secondary N) is 1. The van der Waals surface area contributed by atoms with Crippen molar-refractivity contribution in [1.29, 1.82) is 0 Å². The van der Waals surface area contributed by atoms with Crippen LogP contribution in [0.15, 0.2) is 5.38 Å². The molecule has 3 N–H and O–H groups in total.